The van der Waals surface area contributed by atoms with E-state index in [1.165, 1.54) is 16.9 Å². The summed E-state index contributed by atoms with van der Waals surface area (Å²) in [5.74, 6) is 0.514. The van der Waals surface area contributed by atoms with Gasteiger partial charge in [-0.05, 0) is 31.2 Å². The molecule has 4 aromatic rings. The molecule has 1 heterocycles. The number of anilines is 1. The van der Waals surface area contributed by atoms with Gasteiger partial charge in [0.25, 0.3) is 0 Å². The monoisotopic (exact) mass is 442 g/mol. The zero-order valence-corrected chi connectivity index (χ0v) is 18.4. The largest absolute Gasteiger partial charge is 0.486 e. The lowest BCUT2D eigenvalue weighted by molar-refractivity contribution is -0.115. The van der Waals surface area contributed by atoms with Crippen LogP contribution in [-0.2, 0) is 17.8 Å². The fourth-order valence-corrected chi connectivity index (χ4v) is 3.85. The molecule has 1 aromatic heterocycles. The van der Waals surface area contributed by atoms with Crippen LogP contribution in [-0.4, -0.2) is 16.7 Å². The fourth-order valence-electron chi connectivity index (χ4n) is 3.14. The van der Waals surface area contributed by atoms with Crippen molar-refractivity contribution < 1.29 is 14.3 Å². The van der Waals surface area contributed by atoms with Gasteiger partial charge in [0.05, 0.1) is 12.1 Å². The van der Waals surface area contributed by atoms with Crippen molar-refractivity contribution in [1.82, 2.24) is 4.98 Å². The molecule has 6 heteroatoms. The normalized spacial score (nSPS) is 10.5. The van der Waals surface area contributed by atoms with Gasteiger partial charge in [-0.15, -0.1) is 11.3 Å². The van der Waals surface area contributed by atoms with E-state index in [0.29, 0.717) is 29.1 Å². The second kappa shape index (κ2) is 10.0. The molecule has 0 bridgehead atoms. The smallest absolute Gasteiger partial charge is 0.230 e. The summed E-state index contributed by atoms with van der Waals surface area (Å²) in [7, 11) is 0. The van der Waals surface area contributed by atoms with Crippen LogP contribution in [0.15, 0.2) is 84.2 Å². The van der Waals surface area contributed by atoms with Crippen LogP contribution in [0.5, 0.6) is 5.75 Å². The molecule has 0 saturated heterocycles. The average molecular weight is 443 g/mol. The number of nitrogens with zero attached hydrogens (tertiary/aromatic N) is 1. The van der Waals surface area contributed by atoms with Gasteiger partial charge in [0.15, 0.2) is 5.78 Å². The van der Waals surface area contributed by atoms with E-state index in [1.807, 2.05) is 54.8 Å². The molecule has 0 atom stereocenters. The number of nitrogens with one attached hydrogen (secondary N) is 1. The van der Waals surface area contributed by atoms with Gasteiger partial charge in [-0.2, -0.15) is 0 Å². The highest BCUT2D eigenvalue weighted by molar-refractivity contribution is 7.09. The second-order valence-corrected chi connectivity index (χ2v) is 8.28. The minimum atomic E-state index is -0.189. The zero-order chi connectivity index (χ0) is 22.3. The van der Waals surface area contributed by atoms with Crippen molar-refractivity contribution in [2.75, 3.05) is 5.32 Å². The third kappa shape index (κ3) is 5.68. The van der Waals surface area contributed by atoms with Crippen LogP contribution in [0.3, 0.4) is 0 Å². The van der Waals surface area contributed by atoms with Crippen LogP contribution >= 0.6 is 11.3 Å². The molecule has 1 amide bonds. The molecule has 0 aliphatic heterocycles. The fraction of sp³-hybridized carbons (Fsp3) is 0.115. The lowest BCUT2D eigenvalue weighted by atomic mass is 10.0. The highest BCUT2D eigenvalue weighted by Crippen LogP contribution is 2.18. The quantitative estimate of drug-likeness (QED) is 0.369. The predicted octanol–water partition coefficient (Wildman–Crippen LogP) is 5.44. The first-order valence-corrected chi connectivity index (χ1v) is 11.1. The minimum absolute atomic E-state index is 0.0839. The maximum Gasteiger partial charge on any atom is 0.230 e. The van der Waals surface area contributed by atoms with Gasteiger partial charge in [-0.1, -0.05) is 60.2 Å². The Kier molecular flexibility index (Phi) is 6.72. The predicted molar refractivity (Wildman–Crippen MR) is 126 cm³/mol. The molecule has 160 valence electrons. The lowest BCUT2D eigenvalue weighted by Crippen LogP contribution is -2.15. The van der Waals surface area contributed by atoms with Crippen LogP contribution in [0.1, 0.15) is 32.2 Å². The number of hydrogen-bond acceptors (Lipinski definition) is 5. The van der Waals surface area contributed by atoms with Gasteiger partial charge in [-0.3, -0.25) is 9.59 Å². The summed E-state index contributed by atoms with van der Waals surface area (Å²) in [6.07, 6.45) is 0.151. The van der Waals surface area contributed by atoms with Gasteiger partial charge in [0.1, 0.15) is 17.4 Å². The Bertz CT molecular complexity index is 1220. The van der Waals surface area contributed by atoms with Crippen molar-refractivity contribution in [3.05, 3.63) is 112 Å². The highest BCUT2D eigenvalue weighted by atomic mass is 32.1. The number of rotatable bonds is 8. The van der Waals surface area contributed by atoms with E-state index in [2.05, 4.69) is 10.3 Å². The number of carbonyl (C=O) groups is 2. The Morgan fingerprint density at radius 2 is 1.69 bits per heavy atom. The van der Waals surface area contributed by atoms with Crippen molar-refractivity contribution in [2.24, 2.45) is 0 Å². The number of benzene rings is 3. The third-order valence-corrected chi connectivity index (χ3v) is 5.64. The van der Waals surface area contributed by atoms with Gasteiger partial charge in [-0.25, -0.2) is 4.98 Å². The van der Waals surface area contributed by atoms with Gasteiger partial charge in [0, 0.05) is 22.2 Å². The summed E-state index contributed by atoms with van der Waals surface area (Å²) in [4.78, 5) is 29.6. The molecule has 0 spiro atoms. The zero-order valence-electron chi connectivity index (χ0n) is 17.6. The molecule has 0 aliphatic rings. The number of thiazole rings is 1. The van der Waals surface area contributed by atoms with E-state index >= 15 is 0 Å². The first-order chi connectivity index (χ1) is 15.6. The molecule has 4 rings (SSSR count). The van der Waals surface area contributed by atoms with Crippen LogP contribution in [0.2, 0.25) is 0 Å². The molecule has 32 heavy (non-hydrogen) atoms. The minimum Gasteiger partial charge on any atom is -0.486 e. The third-order valence-electron chi connectivity index (χ3n) is 4.77. The lowest BCUT2D eigenvalue weighted by Gasteiger charge is -2.07. The van der Waals surface area contributed by atoms with E-state index in [-0.39, 0.29) is 18.1 Å². The van der Waals surface area contributed by atoms with E-state index in [4.69, 9.17) is 4.74 Å². The Hall–Kier alpha value is -3.77. The number of amides is 1. The Morgan fingerprint density at radius 1 is 0.938 bits per heavy atom. The number of ether oxygens (including phenoxy) is 1. The maximum atomic E-state index is 12.6. The highest BCUT2D eigenvalue weighted by Gasteiger charge is 2.12. The first-order valence-electron chi connectivity index (χ1n) is 10.2. The first kappa shape index (κ1) is 21.5. The molecule has 0 aliphatic carbocycles. The molecule has 1 N–H and O–H groups in total. The molecule has 5 nitrogen and oxygen atoms in total. The number of carbonyl (C=O) groups excluding carboxylic acids is 2. The standard InChI is InChI=1S/C26H22N2O3S/c1-18-10-12-23(13-11-18)31-16-25-28-22(17-32-25)15-24(29)27-21-9-5-8-20(14-21)26(30)19-6-3-2-4-7-19/h2-14,17H,15-16H2,1H3,(H,27,29). The molecular weight excluding hydrogens is 420 g/mol. The second-order valence-electron chi connectivity index (χ2n) is 7.34. The van der Waals surface area contributed by atoms with E-state index in [9.17, 15) is 9.59 Å². The molecule has 0 saturated carbocycles. The molecular formula is C26H22N2O3S. The van der Waals surface area contributed by atoms with Crippen LogP contribution in [0.25, 0.3) is 0 Å². The number of aryl methyl sites for hydroxylation is 1. The summed E-state index contributed by atoms with van der Waals surface area (Å²) in [5.41, 5.74) is 3.58. The Labute approximate surface area is 190 Å². The summed E-state index contributed by atoms with van der Waals surface area (Å²) in [5, 5.41) is 5.52. The summed E-state index contributed by atoms with van der Waals surface area (Å²) >= 11 is 1.46. The van der Waals surface area contributed by atoms with Crippen LogP contribution in [0.4, 0.5) is 5.69 Å². The Morgan fingerprint density at radius 3 is 2.47 bits per heavy atom. The average Bonchev–Trinajstić information content (AvgIpc) is 3.26. The van der Waals surface area contributed by atoms with Crippen LogP contribution in [0, 0.1) is 6.92 Å². The summed E-state index contributed by atoms with van der Waals surface area (Å²) in [6.45, 7) is 2.39. The SMILES string of the molecule is Cc1ccc(OCc2nc(CC(=O)Nc3cccc(C(=O)c4ccccc4)c3)cs2)cc1. The maximum absolute atomic E-state index is 12.6. The van der Waals surface area contributed by atoms with Crippen molar-refractivity contribution in [1.29, 1.82) is 0 Å². The number of aromatic nitrogens is 1. The molecule has 0 fully saturated rings. The topological polar surface area (TPSA) is 68.3 Å². The van der Waals surface area contributed by atoms with Gasteiger partial charge in [0.2, 0.25) is 5.91 Å². The van der Waals surface area contributed by atoms with E-state index < -0.39 is 0 Å². The molecule has 3 aromatic carbocycles. The Balaban J connectivity index is 1.33. The van der Waals surface area contributed by atoms with Crippen molar-refractivity contribution in [3.8, 4) is 5.75 Å². The van der Waals surface area contributed by atoms with E-state index in [1.54, 1.807) is 36.4 Å². The van der Waals surface area contributed by atoms with Crippen molar-refractivity contribution >= 4 is 28.7 Å². The molecule has 0 unspecified atom stereocenters. The summed E-state index contributed by atoms with van der Waals surface area (Å²) < 4.78 is 5.75. The van der Waals surface area contributed by atoms with Crippen molar-refractivity contribution in [2.45, 2.75) is 20.0 Å². The van der Waals surface area contributed by atoms with Gasteiger partial charge < -0.3 is 10.1 Å². The van der Waals surface area contributed by atoms with E-state index in [0.717, 1.165) is 10.8 Å². The number of hydrogen-bond donors (Lipinski definition) is 1. The van der Waals surface area contributed by atoms with Crippen LogP contribution < -0.4 is 10.1 Å². The number of ketones is 1. The van der Waals surface area contributed by atoms with Gasteiger partial charge >= 0.3 is 0 Å². The molecule has 0 radical (unpaired) electrons. The van der Waals surface area contributed by atoms with Crippen molar-refractivity contribution in [3.63, 3.8) is 0 Å². The summed E-state index contributed by atoms with van der Waals surface area (Å²) in [6, 6.07) is 23.9.